The molecule has 0 aliphatic rings. The Kier molecular flexibility index (Phi) is 4.99. The molecule has 0 radical (unpaired) electrons. The van der Waals surface area contributed by atoms with Crippen LogP contribution in [0, 0.1) is 5.82 Å². The van der Waals surface area contributed by atoms with E-state index in [-0.39, 0.29) is 11.9 Å². The summed E-state index contributed by atoms with van der Waals surface area (Å²) in [5.41, 5.74) is 1.45. The SMILES string of the molecule is CCOc1ccccc1C(NC)c1ccc(Cl)cc1F. The summed E-state index contributed by atoms with van der Waals surface area (Å²) >= 11 is 5.81. The topological polar surface area (TPSA) is 21.3 Å². The lowest BCUT2D eigenvalue weighted by atomic mass is 9.97. The fourth-order valence-corrected chi connectivity index (χ4v) is 2.38. The van der Waals surface area contributed by atoms with E-state index in [0.29, 0.717) is 17.2 Å². The van der Waals surface area contributed by atoms with Crippen molar-refractivity contribution < 1.29 is 9.13 Å². The fraction of sp³-hybridized carbons (Fsp3) is 0.250. The number of para-hydroxylation sites is 1. The molecule has 0 saturated carbocycles. The minimum absolute atomic E-state index is 0.282. The van der Waals surface area contributed by atoms with Gasteiger partial charge in [-0.1, -0.05) is 35.9 Å². The maximum absolute atomic E-state index is 14.1. The van der Waals surface area contributed by atoms with Gasteiger partial charge in [0.05, 0.1) is 12.6 Å². The van der Waals surface area contributed by atoms with E-state index >= 15 is 0 Å². The summed E-state index contributed by atoms with van der Waals surface area (Å²) in [5.74, 6) is 0.423. The second kappa shape index (κ2) is 6.73. The molecule has 0 heterocycles. The standard InChI is InChI=1S/C16H17ClFNO/c1-3-20-15-7-5-4-6-13(15)16(19-2)12-9-8-11(17)10-14(12)18/h4-10,16,19H,3H2,1-2H3. The minimum Gasteiger partial charge on any atom is -0.494 e. The molecule has 1 atom stereocenters. The number of rotatable bonds is 5. The molecule has 0 aliphatic heterocycles. The third-order valence-electron chi connectivity index (χ3n) is 3.09. The number of halogens is 2. The minimum atomic E-state index is -0.330. The van der Waals surface area contributed by atoms with Gasteiger partial charge in [-0.3, -0.25) is 0 Å². The Morgan fingerprint density at radius 2 is 1.95 bits per heavy atom. The molecule has 0 bridgehead atoms. The van der Waals surface area contributed by atoms with Gasteiger partial charge in [0, 0.05) is 16.1 Å². The zero-order valence-electron chi connectivity index (χ0n) is 11.5. The molecule has 0 aromatic heterocycles. The average Bonchev–Trinajstić information content (AvgIpc) is 2.44. The summed E-state index contributed by atoms with van der Waals surface area (Å²) in [5, 5.41) is 3.52. The van der Waals surface area contributed by atoms with Crippen LogP contribution in [0.4, 0.5) is 4.39 Å². The second-order valence-electron chi connectivity index (χ2n) is 4.36. The van der Waals surface area contributed by atoms with E-state index in [9.17, 15) is 4.39 Å². The molecule has 2 aromatic rings. The molecular weight excluding hydrogens is 277 g/mol. The first kappa shape index (κ1) is 14.8. The van der Waals surface area contributed by atoms with E-state index in [1.807, 2.05) is 31.2 Å². The van der Waals surface area contributed by atoms with E-state index in [1.54, 1.807) is 19.2 Å². The normalized spacial score (nSPS) is 12.2. The molecule has 0 saturated heterocycles. The van der Waals surface area contributed by atoms with Gasteiger partial charge in [0.1, 0.15) is 11.6 Å². The highest BCUT2D eigenvalue weighted by atomic mass is 35.5. The Morgan fingerprint density at radius 1 is 1.20 bits per heavy atom. The van der Waals surface area contributed by atoms with Crippen molar-refractivity contribution in [3.8, 4) is 5.75 Å². The van der Waals surface area contributed by atoms with E-state index in [0.717, 1.165) is 11.3 Å². The van der Waals surface area contributed by atoms with E-state index in [4.69, 9.17) is 16.3 Å². The van der Waals surface area contributed by atoms with Crippen LogP contribution in [0.1, 0.15) is 24.1 Å². The van der Waals surface area contributed by atoms with Crippen molar-refractivity contribution in [2.24, 2.45) is 0 Å². The summed E-state index contributed by atoms with van der Waals surface area (Å²) in [6.45, 7) is 2.49. The first-order valence-electron chi connectivity index (χ1n) is 6.51. The second-order valence-corrected chi connectivity index (χ2v) is 4.79. The first-order chi connectivity index (χ1) is 9.67. The van der Waals surface area contributed by atoms with Gasteiger partial charge in [0.15, 0.2) is 0 Å². The highest BCUT2D eigenvalue weighted by Gasteiger charge is 2.19. The lowest BCUT2D eigenvalue weighted by molar-refractivity contribution is 0.334. The summed E-state index contributed by atoms with van der Waals surface area (Å²) in [6.07, 6.45) is 0. The van der Waals surface area contributed by atoms with Crippen LogP contribution in [-0.4, -0.2) is 13.7 Å². The van der Waals surface area contributed by atoms with Crippen molar-refractivity contribution in [3.05, 3.63) is 64.4 Å². The molecule has 2 rings (SSSR count). The molecule has 1 N–H and O–H groups in total. The van der Waals surface area contributed by atoms with Crippen molar-refractivity contribution in [2.75, 3.05) is 13.7 Å². The van der Waals surface area contributed by atoms with Gasteiger partial charge < -0.3 is 10.1 Å². The van der Waals surface area contributed by atoms with Crippen LogP contribution in [0.25, 0.3) is 0 Å². The van der Waals surface area contributed by atoms with Gasteiger partial charge in [0.2, 0.25) is 0 Å². The summed E-state index contributed by atoms with van der Waals surface area (Å²) in [4.78, 5) is 0. The largest absolute Gasteiger partial charge is 0.494 e. The van der Waals surface area contributed by atoms with Crippen LogP contribution in [0.3, 0.4) is 0 Å². The van der Waals surface area contributed by atoms with Crippen molar-refractivity contribution in [3.63, 3.8) is 0 Å². The smallest absolute Gasteiger partial charge is 0.129 e. The molecule has 2 aromatic carbocycles. The third-order valence-corrected chi connectivity index (χ3v) is 3.33. The number of hydrogen-bond acceptors (Lipinski definition) is 2. The number of nitrogens with one attached hydrogen (secondary N) is 1. The zero-order valence-corrected chi connectivity index (χ0v) is 12.2. The van der Waals surface area contributed by atoms with Crippen LogP contribution in [-0.2, 0) is 0 Å². The van der Waals surface area contributed by atoms with Crippen LogP contribution < -0.4 is 10.1 Å². The summed E-state index contributed by atoms with van der Waals surface area (Å²) in [6, 6.07) is 12.1. The Hall–Kier alpha value is -1.58. The van der Waals surface area contributed by atoms with Crippen LogP contribution >= 0.6 is 11.6 Å². The molecule has 106 valence electrons. The summed E-state index contributed by atoms with van der Waals surface area (Å²) in [7, 11) is 1.79. The lowest BCUT2D eigenvalue weighted by Crippen LogP contribution is -2.20. The van der Waals surface area contributed by atoms with Crippen molar-refractivity contribution in [1.82, 2.24) is 5.32 Å². The highest BCUT2D eigenvalue weighted by molar-refractivity contribution is 6.30. The van der Waals surface area contributed by atoms with Gasteiger partial charge in [-0.15, -0.1) is 0 Å². The van der Waals surface area contributed by atoms with Crippen LogP contribution in [0.15, 0.2) is 42.5 Å². The van der Waals surface area contributed by atoms with Gasteiger partial charge in [0.25, 0.3) is 0 Å². The Labute approximate surface area is 123 Å². The fourth-order valence-electron chi connectivity index (χ4n) is 2.22. The van der Waals surface area contributed by atoms with Gasteiger partial charge >= 0.3 is 0 Å². The first-order valence-corrected chi connectivity index (χ1v) is 6.89. The average molecular weight is 294 g/mol. The highest BCUT2D eigenvalue weighted by Crippen LogP contribution is 2.31. The Morgan fingerprint density at radius 3 is 2.60 bits per heavy atom. The van der Waals surface area contributed by atoms with E-state index in [2.05, 4.69) is 5.32 Å². The maximum Gasteiger partial charge on any atom is 0.129 e. The van der Waals surface area contributed by atoms with Crippen LogP contribution in [0.5, 0.6) is 5.75 Å². The molecule has 0 amide bonds. The number of hydrogen-bond donors (Lipinski definition) is 1. The molecule has 0 fully saturated rings. The summed E-state index contributed by atoms with van der Waals surface area (Å²) < 4.78 is 19.7. The van der Waals surface area contributed by atoms with Crippen molar-refractivity contribution >= 4 is 11.6 Å². The lowest BCUT2D eigenvalue weighted by Gasteiger charge is -2.21. The predicted octanol–water partition coefficient (Wildman–Crippen LogP) is 4.19. The molecule has 0 spiro atoms. The Balaban J connectivity index is 2.47. The van der Waals surface area contributed by atoms with Gasteiger partial charge in [-0.2, -0.15) is 0 Å². The molecule has 2 nitrogen and oxygen atoms in total. The number of ether oxygens (including phenoxy) is 1. The third kappa shape index (κ3) is 3.11. The molecule has 0 aliphatic carbocycles. The van der Waals surface area contributed by atoms with Gasteiger partial charge in [-0.05, 0) is 32.2 Å². The van der Waals surface area contributed by atoms with Crippen molar-refractivity contribution in [2.45, 2.75) is 13.0 Å². The zero-order chi connectivity index (χ0) is 14.5. The molecular formula is C16H17ClFNO. The van der Waals surface area contributed by atoms with Crippen molar-refractivity contribution in [1.29, 1.82) is 0 Å². The Bertz CT molecular complexity index is 588. The molecule has 20 heavy (non-hydrogen) atoms. The van der Waals surface area contributed by atoms with E-state index < -0.39 is 0 Å². The maximum atomic E-state index is 14.1. The molecule has 4 heteroatoms. The van der Waals surface area contributed by atoms with E-state index in [1.165, 1.54) is 6.07 Å². The number of benzene rings is 2. The quantitative estimate of drug-likeness (QED) is 0.892. The predicted molar refractivity (Wildman–Crippen MR) is 79.9 cm³/mol. The van der Waals surface area contributed by atoms with Crippen LogP contribution in [0.2, 0.25) is 5.02 Å². The monoisotopic (exact) mass is 293 g/mol. The van der Waals surface area contributed by atoms with Gasteiger partial charge in [-0.25, -0.2) is 4.39 Å². The molecule has 1 unspecified atom stereocenters.